The van der Waals surface area contributed by atoms with Crippen molar-refractivity contribution >= 4 is 17.9 Å². The fourth-order valence-corrected chi connectivity index (χ4v) is 9.96. The highest BCUT2D eigenvalue weighted by Gasteiger charge is 2.19. The van der Waals surface area contributed by atoms with Crippen molar-refractivity contribution in [2.24, 2.45) is 0 Å². The summed E-state index contributed by atoms with van der Waals surface area (Å²) in [6.45, 7) is 6.46. The fourth-order valence-electron chi connectivity index (χ4n) is 9.96. The van der Waals surface area contributed by atoms with E-state index in [4.69, 9.17) is 14.2 Å². The number of esters is 3. The average Bonchev–Trinajstić information content (AvgIpc) is 3.47. The van der Waals surface area contributed by atoms with E-state index in [-0.39, 0.29) is 31.1 Å². The molecule has 81 heavy (non-hydrogen) atoms. The zero-order valence-electron chi connectivity index (χ0n) is 53.5. The predicted octanol–water partition coefficient (Wildman–Crippen LogP) is 24.0. The topological polar surface area (TPSA) is 78.9 Å². The largest absolute Gasteiger partial charge is 0.462 e. The number of hydrogen-bond donors (Lipinski definition) is 0. The number of ether oxygens (including phenoxy) is 3. The van der Waals surface area contributed by atoms with Crippen LogP contribution in [0.25, 0.3) is 0 Å². The molecule has 0 N–H and O–H groups in total. The van der Waals surface area contributed by atoms with E-state index in [2.05, 4.69) is 118 Å². The minimum atomic E-state index is -0.783. The van der Waals surface area contributed by atoms with Gasteiger partial charge >= 0.3 is 17.9 Å². The number of allylic oxidation sites excluding steroid dienone is 16. The summed E-state index contributed by atoms with van der Waals surface area (Å²) >= 11 is 0. The molecule has 0 amide bonds. The molecule has 466 valence electrons. The van der Waals surface area contributed by atoms with Crippen molar-refractivity contribution in [2.45, 2.75) is 348 Å². The third-order valence-electron chi connectivity index (χ3n) is 15.1. The molecule has 0 aliphatic rings. The lowest BCUT2D eigenvalue weighted by molar-refractivity contribution is -0.167. The highest BCUT2D eigenvalue weighted by atomic mass is 16.6. The van der Waals surface area contributed by atoms with Crippen LogP contribution < -0.4 is 0 Å². The molecule has 0 rings (SSSR count). The molecular formula is C75H130O6. The molecule has 0 aromatic rings. The molecule has 0 aliphatic heterocycles. The molecule has 0 aromatic heterocycles. The van der Waals surface area contributed by atoms with Gasteiger partial charge in [-0.3, -0.25) is 14.4 Å². The van der Waals surface area contributed by atoms with Crippen molar-refractivity contribution < 1.29 is 28.6 Å². The van der Waals surface area contributed by atoms with Gasteiger partial charge in [-0.1, -0.05) is 323 Å². The summed E-state index contributed by atoms with van der Waals surface area (Å²) in [5.74, 6) is -0.873. The van der Waals surface area contributed by atoms with Gasteiger partial charge in [0, 0.05) is 19.3 Å². The molecular weight excluding hydrogens is 997 g/mol. The van der Waals surface area contributed by atoms with Gasteiger partial charge in [0.15, 0.2) is 6.10 Å². The lowest BCUT2D eigenvalue weighted by Gasteiger charge is -2.18. The summed E-state index contributed by atoms with van der Waals surface area (Å²) in [5, 5.41) is 0. The molecule has 0 heterocycles. The van der Waals surface area contributed by atoms with Crippen molar-refractivity contribution in [2.75, 3.05) is 13.2 Å². The van der Waals surface area contributed by atoms with Crippen molar-refractivity contribution in [1.82, 2.24) is 0 Å². The number of unbranched alkanes of at least 4 members (excludes halogenated alkanes) is 36. The average molecular weight is 1130 g/mol. The Morgan fingerprint density at radius 1 is 0.259 bits per heavy atom. The first-order valence-corrected chi connectivity index (χ1v) is 34.7. The number of carbonyl (C=O) groups excluding carboxylic acids is 3. The summed E-state index contributed by atoms with van der Waals surface area (Å²) in [4.78, 5) is 38.5. The van der Waals surface area contributed by atoms with Gasteiger partial charge in [0.25, 0.3) is 0 Å². The first-order chi connectivity index (χ1) is 40.0. The Bertz CT molecular complexity index is 1580. The Morgan fingerprint density at radius 2 is 0.481 bits per heavy atom. The second-order valence-electron chi connectivity index (χ2n) is 23.0. The van der Waals surface area contributed by atoms with Crippen LogP contribution in [0.15, 0.2) is 97.2 Å². The van der Waals surface area contributed by atoms with Crippen LogP contribution in [0.3, 0.4) is 0 Å². The highest BCUT2D eigenvalue weighted by molar-refractivity contribution is 5.71. The summed E-state index contributed by atoms with van der Waals surface area (Å²) < 4.78 is 17.0. The summed E-state index contributed by atoms with van der Waals surface area (Å²) in [6.07, 6.45) is 92.8. The van der Waals surface area contributed by atoms with Crippen LogP contribution in [0.4, 0.5) is 0 Å². The molecule has 0 aliphatic carbocycles. The monoisotopic (exact) mass is 1130 g/mol. The third-order valence-corrected chi connectivity index (χ3v) is 15.1. The molecule has 0 spiro atoms. The van der Waals surface area contributed by atoms with E-state index in [0.29, 0.717) is 19.3 Å². The molecule has 6 nitrogen and oxygen atoms in total. The Morgan fingerprint density at radius 3 is 0.753 bits per heavy atom. The van der Waals surface area contributed by atoms with E-state index in [0.717, 1.165) is 116 Å². The van der Waals surface area contributed by atoms with Gasteiger partial charge in [0.05, 0.1) is 0 Å². The van der Waals surface area contributed by atoms with Crippen molar-refractivity contribution in [3.63, 3.8) is 0 Å². The van der Waals surface area contributed by atoms with E-state index < -0.39 is 6.10 Å². The maximum Gasteiger partial charge on any atom is 0.306 e. The smallest absolute Gasteiger partial charge is 0.306 e. The van der Waals surface area contributed by atoms with Gasteiger partial charge in [-0.15, -0.1) is 0 Å². The number of hydrogen-bond acceptors (Lipinski definition) is 6. The van der Waals surface area contributed by atoms with Crippen LogP contribution in [-0.2, 0) is 28.6 Å². The SMILES string of the molecule is CC/C=C\C/C=C\C/C=C\C/C=C\C/C=C\CCCCCCCCCCCCCC(=O)OCC(COC(=O)CCCCCCCCC/C=C\C/C=C\C/C=C\CC)OC(=O)CCCCCCCCCCCCCCCCCCCCC. The van der Waals surface area contributed by atoms with Crippen LogP contribution in [0.5, 0.6) is 0 Å². The molecule has 1 atom stereocenters. The minimum Gasteiger partial charge on any atom is -0.462 e. The van der Waals surface area contributed by atoms with Crippen LogP contribution in [-0.4, -0.2) is 37.2 Å². The van der Waals surface area contributed by atoms with Crippen LogP contribution in [0.1, 0.15) is 342 Å². The van der Waals surface area contributed by atoms with Gasteiger partial charge in [0.2, 0.25) is 0 Å². The number of rotatable bonds is 63. The van der Waals surface area contributed by atoms with E-state index in [9.17, 15) is 14.4 Å². The van der Waals surface area contributed by atoms with E-state index in [1.165, 1.54) is 186 Å². The molecule has 0 fully saturated rings. The quantitative estimate of drug-likeness (QED) is 0.0261. The molecule has 0 aromatic carbocycles. The summed E-state index contributed by atoms with van der Waals surface area (Å²) in [6, 6.07) is 0. The fraction of sp³-hybridized carbons (Fsp3) is 0.747. The molecule has 0 radical (unpaired) electrons. The van der Waals surface area contributed by atoms with Gasteiger partial charge in [0.1, 0.15) is 13.2 Å². The Labute approximate surface area is 502 Å². The Balaban J connectivity index is 4.33. The van der Waals surface area contributed by atoms with Gasteiger partial charge in [-0.2, -0.15) is 0 Å². The zero-order valence-corrected chi connectivity index (χ0v) is 53.5. The third kappa shape index (κ3) is 67.0. The molecule has 1 unspecified atom stereocenters. The normalized spacial score (nSPS) is 12.7. The van der Waals surface area contributed by atoms with Crippen molar-refractivity contribution in [3.05, 3.63) is 97.2 Å². The van der Waals surface area contributed by atoms with Gasteiger partial charge in [-0.25, -0.2) is 0 Å². The second kappa shape index (κ2) is 68.8. The minimum absolute atomic E-state index is 0.0792. The first kappa shape index (κ1) is 77.3. The molecule has 0 saturated heterocycles. The van der Waals surface area contributed by atoms with E-state index in [1.807, 2.05) is 0 Å². The molecule has 0 saturated carbocycles. The van der Waals surface area contributed by atoms with Crippen LogP contribution in [0, 0.1) is 0 Å². The van der Waals surface area contributed by atoms with Crippen LogP contribution in [0.2, 0.25) is 0 Å². The molecule has 0 bridgehead atoms. The van der Waals surface area contributed by atoms with Gasteiger partial charge < -0.3 is 14.2 Å². The second-order valence-corrected chi connectivity index (χ2v) is 23.0. The number of carbonyl (C=O) groups is 3. The Hall–Kier alpha value is -3.67. The van der Waals surface area contributed by atoms with Crippen molar-refractivity contribution in [1.29, 1.82) is 0 Å². The highest BCUT2D eigenvalue weighted by Crippen LogP contribution is 2.18. The lowest BCUT2D eigenvalue weighted by atomic mass is 10.0. The van der Waals surface area contributed by atoms with Crippen LogP contribution >= 0.6 is 0 Å². The summed E-state index contributed by atoms with van der Waals surface area (Å²) in [7, 11) is 0. The van der Waals surface area contributed by atoms with Crippen molar-refractivity contribution in [3.8, 4) is 0 Å². The Kier molecular flexibility index (Phi) is 65.7. The first-order valence-electron chi connectivity index (χ1n) is 34.7. The standard InChI is InChI=1S/C75H130O6/c1-4-7-10-13-16-19-22-25-28-31-33-34-35-36-37-38-39-40-42-44-47-50-53-56-59-62-65-68-74(77)80-71-72(70-79-73(76)67-64-61-58-55-52-49-46-43-30-27-24-21-18-15-12-9-6-3)81-75(78)69-66-63-60-57-54-51-48-45-41-32-29-26-23-20-17-14-11-8-5-2/h7,9-10,12,16,18-19,21,25,27-28,30,33-34,36-37,72H,4-6,8,11,13-15,17,20,22-24,26,29,31-32,35,38-71H2,1-3H3/b10-7-,12-9-,19-16-,21-18-,28-25-,30-27-,34-33-,37-36-. The molecule has 6 heteroatoms. The lowest BCUT2D eigenvalue weighted by Crippen LogP contribution is -2.30. The summed E-state index contributed by atoms with van der Waals surface area (Å²) in [5.41, 5.74) is 0. The maximum absolute atomic E-state index is 13.0. The predicted molar refractivity (Wildman–Crippen MR) is 353 cm³/mol. The van der Waals surface area contributed by atoms with Gasteiger partial charge in [-0.05, 0) is 96.3 Å². The zero-order chi connectivity index (χ0) is 58.5. The van der Waals surface area contributed by atoms with E-state index >= 15 is 0 Å². The van der Waals surface area contributed by atoms with E-state index in [1.54, 1.807) is 0 Å². The maximum atomic E-state index is 13.0.